The maximum Gasteiger partial charge on any atom is 0.408 e. The maximum absolute atomic E-state index is 16.0. The molecule has 4 N–H and O–H groups in total. The average molecular weight is 950 g/mol. The van der Waals surface area contributed by atoms with E-state index in [4.69, 9.17) is 37.9 Å². The SMILES string of the molecule is COc1ccc(C(=O)O[C@H]2C(=O)[C@@]3(C)C([C@H](OC(=O)c4cccc(OC)c4)[C@]4(O)C[C@H](OC(=O)[C@H](O)[C@H](C=C(C)C)NC(=O)OC(C)(C)C)C(C)=C2C4(C)C)[C@]2(OC(C)=O)CO[C@@H]2C[C@@H]3O)cc1. The van der Waals surface area contributed by atoms with Gasteiger partial charge in [0.15, 0.2) is 23.6 Å². The zero-order valence-corrected chi connectivity index (χ0v) is 40.5. The van der Waals surface area contributed by atoms with Gasteiger partial charge in [-0.05, 0) is 102 Å². The van der Waals surface area contributed by atoms with Crippen molar-refractivity contribution in [3.63, 3.8) is 0 Å². The van der Waals surface area contributed by atoms with E-state index in [1.165, 1.54) is 90.5 Å². The summed E-state index contributed by atoms with van der Waals surface area (Å²) in [5.41, 5.74) is -8.58. The van der Waals surface area contributed by atoms with Gasteiger partial charge >= 0.3 is 30.0 Å². The number of Topliss-reactive ketones (excluding diaryl/α,β-unsaturated/α-hetero) is 1. The average Bonchev–Trinajstić information content (AvgIpc) is 3.25. The zero-order valence-electron chi connectivity index (χ0n) is 40.5. The Morgan fingerprint density at radius 3 is 2.09 bits per heavy atom. The molecular weight excluding hydrogens is 887 g/mol. The van der Waals surface area contributed by atoms with Gasteiger partial charge in [-0.2, -0.15) is 0 Å². The number of nitrogens with one attached hydrogen (secondary N) is 1. The summed E-state index contributed by atoms with van der Waals surface area (Å²) < 4.78 is 46.9. The summed E-state index contributed by atoms with van der Waals surface area (Å²) in [5.74, 6) is -5.96. The van der Waals surface area contributed by atoms with E-state index in [1.807, 2.05) is 0 Å². The Morgan fingerprint density at radius 2 is 1.53 bits per heavy atom. The fourth-order valence-electron chi connectivity index (χ4n) is 10.3. The van der Waals surface area contributed by atoms with Crippen LogP contribution < -0.4 is 14.8 Å². The Balaban J connectivity index is 1.59. The number of ketones is 1. The first-order valence-corrected chi connectivity index (χ1v) is 22.3. The van der Waals surface area contributed by atoms with Gasteiger partial charge in [0.05, 0.1) is 55.4 Å². The van der Waals surface area contributed by atoms with Crippen molar-refractivity contribution in [1.82, 2.24) is 5.32 Å². The number of hydrogen-bond donors (Lipinski definition) is 4. The number of aliphatic hydroxyl groups excluding tert-OH is 2. The second-order valence-electron chi connectivity index (χ2n) is 19.9. The molecule has 18 nitrogen and oxygen atoms in total. The molecule has 370 valence electrons. The Labute approximate surface area is 395 Å². The van der Waals surface area contributed by atoms with E-state index >= 15 is 4.79 Å². The van der Waals surface area contributed by atoms with Crippen LogP contribution in [0.1, 0.15) is 103 Å². The number of benzene rings is 2. The number of alkyl carbamates (subject to hydrolysis) is 1. The number of esters is 4. The molecule has 1 unspecified atom stereocenters. The van der Waals surface area contributed by atoms with Gasteiger partial charge in [0, 0.05) is 25.2 Å². The van der Waals surface area contributed by atoms with Gasteiger partial charge in [0.2, 0.25) is 0 Å². The van der Waals surface area contributed by atoms with Gasteiger partial charge in [-0.15, -0.1) is 0 Å². The van der Waals surface area contributed by atoms with Crippen LogP contribution in [0.4, 0.5) is 4.79 Å². The second-order valence-corrected chi connectivity index (χ2v) is 19.9. The van der Waals surface area contributed by atoms with Crippen molar-refractivity contribution in [3.8, 4) is 11.5 Å². The number of aliphatic hydroxyl groups is 3. The third-order valence-electron chi connectivity index (χ3n) is 13.8. The Bertz CT molecular complexity index is 2380. The molecule has 3 aliphatic carbocycles. The predicted octanol–water partition coefficient (Wildman–Crippen LogP) is 4.74. The van der Waals surface area contributed by atoms with Crippen molar-refractivity contribution in [1.29, 1.82) is 0 Å². The molecule has 1 heterocycles. The quantitative estimate of drug-likeness (QED) is 0.127. The molecule has 0 radical (unpaired) electrons. The molecule has 4 aliphatic rings. The minimum atomic E-state index is -2.48. The summed E-state index contributed by atoms with van der Waals surface area (Å²) >= 11 is 0. The molecule has 11 atom stereocenters. The Kier molecular flexibility index (Phi) is 14.4. The number of carbonyl (C=O) groups is 6. The van der Waals surface area contributed by atoms with Crippen LogP contribution >= 0.6 is 0 Å². The molecule has 3 fully saturated rings. The highest BCUT2D eigenvalue weighted by Crippen LogP contribution is 2.64. The number of amides is 1. The van der Waals surface area contributed by atoms with Crippen LogP contribution in [0, 0.1) is 16.7 Å². The van der Waals surface area contributed by atoms with Crippen LogP contribution in [-0.4, -0.2) is 131 Å². The van der Waals surface area contributed by atoms with Gasteiger partial charge in [-0.3, -0.25) is 9.59 Å². The zero-order chi connectivity index (χ0) is 50.5. The molecule has 0 aromatic heterocycles. The van der Waals surface area contributed by atoms with Crippen molar-refractivity contribution in [3.05, 3.63) is 82.5 Å². The normalized spacial score (nSPS) is 30.2. The van der Waals surface area contributed by atoms with Crippen LogP contribution in [-0.2, 0) is 42.8 Å². The molecule has 0 spiro atoms. The molecule has 2 saturated carbocycles. The highest BCUT2D eigenvalue weighted by Gasteiger charge is 2.78. The van der Waals surface area contributed by atoms with E-state index in [-0.39, 0.29) is 41.1 Å². The lowest BCUT2D eigenvalue weighted by molar-refractivity contribution is -0.345. The van der Waals surface area contributed by atoms with Crippen molar-refractivity contribution in [2.24, 2.45) is 16.7 Å². The van der Waals surface area contributed by atoms with E-state index in [0.29, 0.717) is 11.3 Å². The topological polar surface area (TPSA) is 249 Å². The van der Waals surface area contributed by atoms with Gasteiger partial charge in [-0.1, -0.05) is 31.6 Å². The van der Waals surface area contributed by atoms with E-state index in [2.05, 4.69) is 5.32 Å². The summed E-state index contributed by atoms with van der Waals surface area (Å²) in [7, 11) is 2.84. The lowest BCUT2D eigenvalue weighted by Crippen LogP contribution is -2.82. The number of ether oxygens (including phenoxy) is 8. The molecule has 1 saturated heterocycles. The lowest BCUT2D eigenvalue weighted by atomic mass is 9.44. The van der Waals surface area contributed by atoms with Gasteiger partial charge in [0.1, 0.15) is 41.0 Å². The Hall–Kier alpha value is -5.82. The molecule has 1 aliphatic heterocycles. The van der Waals surface area contributed by atoms with E-state index in [9.17, 15) is 39.3 Å². The summed E-state index contributed by atoms with van der Waals surface area (Å²) in [6, 6.07) is 10.4. The Morgan fingerprint density at radius 1 is 0.897 bits per heavy atom. The molecule has 1 amide bonds. The number of methoxy groups -OCH3 is 2. The number of allylic oxidation sites excluding steroid dienone is 1. The largest absolute Gasteiger partial charge is 0.497 e. The minimum absolute atomic E-state index is 0.00322. The molecule has 2 aromatic rings. The number of rotatable bonds is 12. The van der Waals surface area contributed by atoms with Gasteiger partial charge in [-0.25, -0.2) is 19.2 Å². The molecule has 68 heavy (non-hydrogen) atoms. The molecule has 2 bridgehead atoms. The number of carbonyl (C=O) groups excluding carboxylic acids is 6. The highest BCUT2D eigenvalue weighted by atomic mass is 16.6. The molecule has 2 aromatic carbocycles. The van der Waals surface area contributed by atoms with Crippen molar-refractivity contribution in [2.45, 2.75) is 142 Å². The van der Waals surface area contributed by atoms with Gasteiger partial charge < -0.3 is 58.5 Å². The monoisotopic (exact) mass is 949 g/mol. The number of fused-ring (bicyclic) bond motifs is 5. The maximum atomic E-state index is 16.0. The van der Waals surface area contributed by atoms with Crippen LogP contribution in [0.3, 0.4) is 0 Å². The van der Waals surface area contributed by atoms with Crippen LogP contribution in [0.15, 0.2) is 71.3 Å². The highest BCUT2D eigenvalue weighted by molar-refractivity contribution is 5.98. The van der Waals surface area contributed by atoms with Crippen molar-refractivity contribution >= 4 is 35.8 Å². The van der Waals surface area contributed by atoms with E-state index in [0.717, 1.165) is 6.92 Å². The third-order valence-corrected chi connectivity index (χ3v) is 13.8. The first-order chi connectivity index (χ1) is 31.6. The standard InChI is InChI=1S/C50H63NO17/c1-25(2)20-32(51-45(59)68-46(5,6)7)37(54)44(58)64-33-23-50(60)41(66-43(57)29-14-13-15-31(21-29)62-12)39-48(10,34(53)22-35-49(39,24-63-35)67-27(4)52)40(55)38(36(26(33)3)47(50,8)9)65-42(56)28-16-18-30(61-11)19-17-28/h13-21,32-35,37-39,41,53-54,60H,22-24H2,1-12H3,(H,51,59)/t32-,33-,34-,35+,37+,38+,39?,41-,48+,49-,50+/m0/s1. The van der Waals surface area contributed by atoms with E-state index in [1.54, 1.807) is 40.7 Å². The van der Waals surface area contributed by atoms with E-state index < -0.39 is 118 Å². The molecule has 6 rings (SSSR count). The van der Waals surface area contributed by atoms with Crippen molar-refractivity contribution in [2.75, 3.05) is 20.8 Å². The van der Waals surface area contributed by atoms with Crippen molar-refractivity contribution < 1.29 is 82.0 Å². The second kappa shape index (κ2) is 18.9. The fraction of sp³-hybridized carbons (Fsp3) is 0.560. The molecular formula is C50H63NO17. The summed E-state index contributed by atoms with van der Waals surface area (Å²) in [6.45, 7) is 15.0. The van der Waals surface area contributed by atoms with Crippen LogP contribution in [0.5, 0.6) is 11.5 Å². The first-order valence-electron chi connectivity index (χ1n) is 22.3. The minimum Gasteiger partial charge on any atom is -0.497 e. The van der Waals surface area contributed by atoms with Crippen LogP contribution in [0.2, 0.25) is 0 Å². The molecule has 18 heteroatoms. The van der Waals surface area contributed by atoms with Gasteiger partial charge in [0.25, 0.3) is 0 Å². The fourth-order valence-corrected chi connectivity index (χ4v) is 10.3. The first kappa shape index (κ1) is 51.6. The summed E-state index contributed by atoms with van der Waals surface area (Å²) in [6.07, 6.45) is -10.6. The smallest absolute Gasteiger partial charge is 0.408 e. The third kappa shape index (κ3) is 9.34. The predicted molar refractivity (Wildman–Crippen MR) is 240 cm³/mol. The number of hydrogen-bond acceptors (Lipinski definition) is 17. The summed E-state index contributed by atoms with van der Waals surface area (Å²) in [4.78, 5) is 85.3. The summed E-state index contributed by atoms with van der Waals surface area (Å²) in [5, 5.41) is 40.3. The van der Waals surface area contributed by atoms with Crippen LogP contribution in [0.25, 0.3) is 0 Å². The lowest BCUT2D eigenvalue weighted by Gasteiger charge is -2.67.